The number of carbonyl (C=O) groups is 1. The number of fused-ring (bicyclic) bond motifs is 1. The van der Waals surface area contributed by atoms with E-state index in [1.54, 1.807) is 11.3 Å². The average molecular weight is 578 g/mol. The van der Waals surface area contributed by atoms with E-state index in [0.717, 1.165) is 61.2 Å². The van der Waals surface area contributed by atoms with Gasteiger partial charge in [0.2, 0.25) is 5.91 Å². The molecule has 0 radical (unpaired) electrons. The van der Waals surface area contributed by atoms with E-state index in [9.17, 15) is 10.1 Å². The molecule has 1 fully saturated rings. The second kappa shape index (κ2) is 12.4. The van der Waals surface area contributed by atoms with Gasteiger partial charge in [0.1, 0.15) is 16.8 Å². The maximum atomic E-state index is 13.0. The molecule has 2 aliphatic carbocycles. The third-order valence-electron chi connectivity index (χ3n) is 8.73. The van der Waals surface area contributed by atoms with Crippen molar-refractivity contribution in [2.45, 2.75) is 96.9 Å². The van der Waals surface area contributed by atoms with Gasteiger partial charge in [-0.1, -0.05) is 39.0 Å². The number of carbonyl (C=O) groups excluding carboxylic acids is 1. The van der Waals surface area contributed by atoms with Crippen molar-refractivity contribution in [2.75, 3.05) is 11.1 Å². The minimum absolute atomic E-state index is 0.133. The number of nitrogens with zero attached hydrogens (tertiary/aromatic N) is 4. The molecule has 9 heteroatoms. The van der Waals surface area contributed by atoms with Crippen molar-refractivity contribution in [1.29, 1.82) is 5.26 Å². The van der Waals surface area contributed by atoms with Crippen LogP contribution < -0.4 is 10.1 Å². The van der Waals surface area contributed by atoms with E-state index in [-0.39, 0.29) is 17.1 Å². The molecule has 3 aromatic rings. The Morgan fingerprint density at radius 3 is 2.62 bits per heavy atom. The minimum atomic E-state index is -0.133. The predicted octanol–water partition coefficient (Wildman–Crippen LogP) is 7.49. The van der Waals surface area contributed by atoms with Crippen LogP contribution in [0.5, 0.6) is 5.75 Å². The van der Waals surface area contributed by atoms with Crippen LogP contribution in [-0.2, 0) is 24.2 Å². The second-order valence-corrected chi connectivity index (χ2v) is 13.6. The zero-order valence-corrected chi connectivity index (χ0v) is 25.6. The molecule has 2 aromatic heterocycles. The molecule has 5 rings (SSSR count). The van der Waals surface area contributed by atoms with Gasteiger partial charge in [0.05, 0.1) is 17.4 Å². The Labute approximate surface area is 245 Å². The summed E-state index contributed by atoms with van der Waals surface area (Å²) in [7, 11) is 0. The number of benzene rings is 1. The molecule has 1 unspecified atom stereocenters. The van der Waals surface area contributed by atoms with Gasteiger partial charge in [0, 0.05) is 17.0 Å². The molecule has 0 aliphatic heterocycles. The number of nitrogens with one attached hydrogen (secondary N) is 1. The van der Waals surface area contributed by atoms with Crippen molar-refractivity contribution in [2.24, 2.45) is 11.3 Å². The summed E-state index contributed by atoms with van der Waals surface area (Å²) in [6.07, 6.45) is 9.19. The number of hydrogen-bond acceptors (Lipinski definition) is 7. The highest BCUT2D eigenvalue weighted by atomic mass is 32.2. The van der Waals surface area contributed by atoms with Crippen LogP contribution in [0.2, 0.25) is 0 Å². The van der Waals surface area contributed by atoms with Crippen LogP contribution >= 0.6 is 23.1 Å². The molecule has 7 nitrogen and oxygen atoms in total. The van der Waals surface area contributed by atoms with E-state index in [1.165, 1.54) is 29.5 Å². The van der Waals surface area contributed by atoms with Gasteiger partial charge < -0.3 is 14.6 Å². The molecule has 0 spiro atoms. The van der Waals surface area contributed by atoms with Crippen molar-refractivity contribution in [3.63, 3.8) is 0 Å². The molecule has 2 aliphatic rings. The SMILES string of the molecule is CCn1c(SCC(=O)Nc2sc3c(c2C#N)CCC(C(C)(C)CC)C3)nnc1-c1ccc(OC2CCCC2)cc1. The average Bonchev–Trinajstić information content (AvgIpc) is 3.70. The van der Waals surface area contributed by atoms with E-state index < -0.39 is 0 Å². The van der Waals surface area contributed by atoms with E-state index in [0.29, 0.717) is 34.3 Å². The molecule has 1 amide bonds. The molecule has 1 aromatic carbocycles. The first kappa shape index (κ1) is 28.7. The lowest BCUT2D eigenvalue weighted by molar-refractivity contribution is -0.113. The fraction of sp³-hybridized carbons (Fsp3) is 0.548. The fourth-order valence-corrected chi connectivity index (χ4v) is 7.91. The molecule has 0 bridgehead atoms. The molecule has 1 atom stereocenters. The number of thiophene rings is 1. The molecular weight excluding hydrogens is 539 g/mol. The van der Waals surface area contributed by atoms with E-state index in [1.807, 2.05) is 28.8 Å². The summed E-state index contributed by atoms with van der Waals surface area (Å²) in [6.45, 7) is 9.67. The minimum Gasteiger partial charge on any atom is -0.490 e. The Kier molecular flexibility index (Phi) is 8.86. The van der Waals surface area contributed by atoms with Crippen molar-refractivity contribution in [1.82, 2.24) is 14.8 Å². The Hall–Kier alpha value is -2.83. The number of nitriles is 1. The Morgan fingerprint density at radius 1 is 1.20 bits per heavy atom. The summed E-state index contributed by atoms with van der Waals surface area (Å²) in [4.78, 5) is 14.2. The molecular formula is C31H39N5O2S2. The third kappa shape index (κ3) is 6.08. The lowest BCUT2D eigenvalue weighted by Crippen LogP contribution is -2.28. The summed E-state index contributed by atoms with van der Waals surface area (Å²) in [5, 5.41) is 23.1. The lowest BCUT2D eigenvalue weighted by atomic mass is 9.69. The number of rotatable bonds is 10. The monoisotopic (exact) mass is 577 g/mol. The topological polar surface area (TPSA) is 92.8 Å². The van der Waals surface area contributed by atoms with Gasteiger partial charge in [0.25, 0.3) is 0 Å². The summed E-state index contributed by atoms with van der Waals surface area (Å²) >= 11 is 2.95. The van der Waals surface area contributed by atoms with Gasteiger partial charge >= 0.3 is 0 Å². The fourth-order valence-electron chi connectivity index (χ4n) is 5.82. The van der Waals surface area contributed by atoms with E-state index in [2.05, 4.69) is 49.3 Å². The quantitative estimate of drug-likeness (QED) is 0.251. The van der Waals surface area contributed by atoms with Crippen LogP contribution in [0, 0.1) is 22.7 Å². The molecule has 212 valence electrons. The Morgan fingerprint density at radius 2 is 1.95 bits per heavy atom. The van der Waals surface area contributed by atoms with Gasteiger partial charge in [-0.15, -0.1) is 21.5 Å². The Balaban J connectivity index is 1.22. The van der Waals surface area contributed by atoms with Gasteiger partial charge in [-0.3, -0.25) is 4.79 Å². The van der Waals surface area contributed by atoms with Crippen LogP contribution in [0.15, 0.2) is 29.4 Å². The smallest absolute Gasteiger partial charge is 0.235 e. The molecule has 40 heavy (non-hydrogen) atoms. The number of thioether (sulfide) groups is 1. The van der Waals surface area contributed by atoms with Crippen molar-refractivity contribution >= 4 is 34.0 Å². The maximum Gasteiger partial charge on any atom is 0.235 e. The highest BCUT2D eigenvalue weighted by molar-refractivity contribution is 7.99. The van der Waals surface area contributed by atoms with Crippen LogP contribution in [0.25, 0.3) is 11.4 Å². The number of amides is 1. The second-order valence-electron chi connectivity index (χ2n) is 11.5. The summed E-state index contributed by atoms with van der Waals surface area (Å²) in [5.74, 6) is 2.33. The van der Waals surface area contributed by atoms with Gasteiger partial charge in [-0.05, 0) is 93.0 Å². The van der Waals surface area contributed by atoms with Crippen molar-refractivity contribution in [3.05, 3.63) is 40.3 Å². The number of aromatic nitrogens is 3. The van der Waals surface area contributed by atoms with Gasteiger partial charge in [-0.2, -0.15) is 5.26 Å². The number of ether oxygens (including phenoxy) is 1. The van der Waals surface area contributed by atoms with E-state index >= 15 is 0 Å². The van der Waals surface area contributed by atoms with Crippen molar-refractivity contribution < 1.29 is 9.53 Å². The molecule has 2 heterocycles. The summed E-state index contributed by atoms with van der Waals surface area (Å²) in [5.41, 5.74) is 3.02. The van der Waals surface area contributed by atoms with Crippen LogP contribution in [0.1, 0.15) is 82.2 Å². The Bertz CT molecular complexity index is 1380. The largest absolute Gasteiger partial charge is 0.490 e. The summed E-state index contributed by atoms with van der Waals surface area (Å²) in [6, 6.07) is 10.4. The zero-order valence-electron chi connectivity index (χ0n) is 24.0. The van der Waals surface area contributed by atoms with Crippen LogP contribution in [0.3, 0.4) is 0 Å². The maximum absolute atomic E-state index is 13.0. The number of hydrogen-bond donors (Lipinski definition) is 1. The first-order chi connectivity index (χ1) is 19.3. The highest BCUT2D eigenvalue weighted by Gasteiger charge is 2.34. The first-order valence-corrected chi connectivity index (χ1v) is 16.3. The zero-order chi connectivity index (χ0) is 28.3. The van der Waals surface area contributed by atoms with Crippen molar-refractivity contribution in [3.8, 4) is 23.2 Å². The highest BCUT2D eigenvalue weighted by Crippen LogP contribution is 2.45. The standard InChI is InChI=1S/C31H39N5O2S2/c1-5-31(3,4)21-13-16-24-25(18-32)29(40-26(24)17-21)33-27(37)19-39-30-35-34-28(36(30)6-2)20-11-14-23(15-12-20)38-22-9-7-8-10-22/h11-12,14-15,21-22H,5-10,13,16-17,19H2,1-4H3,(H,33,37). The van der Waals surface area contributed by atoms with Gasteiger partial charge in [-0.25, -0.2) is 0 Å². The number of anilines is 1. The molecule has 0 saturated heterocycles. The summed E-state index contributed by atoms with van der Waals surface area (Å²) < 4.78 is 8.13. The lowest BCUT2D eigenvalue weighted by Gasteiger charge is -2.36. The van der Waals surface area contributed by atoms with Gasteiger partial charge in [0.15, 0.2) is 11.0 Å². The normalized spacial score (nSPS) is 17.4. The molecule has 1 saturated carbocycles. The predicted molar refractivity (Wildman–Crippen MR) is 162 cm³/mol. The van der Waals surface area contributed by atoms with E-state index in [4.69, 9.17) is 4.74 Å². The third-order valence-corrected chi connectivity index (χ3v) is 10.9. The molecule has 1 N–H and O–H groups in total. The van der Waals surface area contributed by atoms with Crippen LogP contribution in [-0.4, -0.2) is 32.5 Å². The first-order valence-electron chi connectivity index (χ1n) is 14.5. The van der Waals surface area contributed by atoms with Crippen LogP contribution in [0.4, 0.5) is 5.00 Å².